The molecule has 3 rings (SSSR count). The minimum atomic E-state index is -0.142. The molecule has 1 amide bonds. The largest absolute Gasteiger partial charge is 0.345 e. The zero-order valence-electron chi connectivity index (χ0n) is 10.1. The first-order valence-electron chi connectivity index (χ1n) is 5.97. The number of likely N-dealkylation sites (N-methyl/N-ethyl adjacent to an activating group) is 1. The first kappa shape index (κ1) is 11.5. The molecule has 0 radical (unpaired) electrons. The molecular formula is C14H13ClN2O. The number of para-hydroxylation sites is 1. The summed E-state index contributed by atoms with van der Waals surface area (Å²) in [7, 11) is 1.82. The van der Waals surface area contributed by atoms with E-state index in [1.807, 2.05) is 37.4 Å². The van der Waals surface area contributed by atoms with Gasteiger partial charge in [-0.25, -0.2) is 0 Å². The number of fused-ring (bicyclic) bond motifs is 1. The minimum absolute atomic E-state index is 0.133. The number of benzene rings is 1. The molecule has 92 valence electrons. The monoisotopic (exact) mass is 260 g/mol. The Morgan fingerprint density at radius 1 is 1.39 bits per heavy atom. The summed E-state index contributed by atoms with van der Waals surface area (Å²) in [6.07, 6.45) is 0.816. The number of hydrogen-bond acceptors (Lipinski definition) is 2. The van der Waals surface area contributed by atoms with Crippen LogP contribution in [0.2, 0.25) is 5.02 Å². The predicted octanol–water partition coefficient (Wildman–Crippen LogP) is 2.83. The minimum Gasteiger partial charge on any atom is -0.345 e. The zero-order valence-corrected chi connectivity index (χ0v) is 10.8. The average molecular weight is 261 g/mol. The highest BCUT2D eigenvalue weighted by Gasteiger charge is 2.31. The standard InChI is InChI=1S/C14H13ClN2O/c1-17-7-6-10(14(17)18)13-8-11(15)9-4-2-3-5-12(9)16-13/h2-5,8,10H,6-7H2,1H3. The first-order chi connectivity index (χ1) is 8.66. The number of amides is 1. The molecule has 1 aliphatic rings. The average Bonchev–Trinajstić information content (AvgIpc) is 2.70. The van der Waals surface area contributed by atoms with Crippen molar-refractivity contribution in [3.8, 4) is 0 Å². The molecule has 1 aromatic carbocycles. The van der Waals surface area contributed by atoms with Crippen LogP contribution in [0.15, 0.2) is 30.3 Å². The molecule has 1 atom stereocenters. The first-order valence-corrected chi connectivity index (χ1v) is 6.35. The van der Waals surface area contributed by atoms with Gasteiger partial charge in [-0.3, -0.25) is 9.78 Å². The fourth-order valence-corrected chi connectivity index (χ4v) is 2.70. The van der Waals surface area contributed by atoms with E-state index in [4.69, 9.17) is 11.6 Å². The van der Waals surface area contributed by atoms with Gasteiger partial charge in [0.15, 0.2) is 0 Å². The topological polar surface area (TPSA) is 33.2 Å². The summed E-state index contributed by atoms with van der Waals surface area (Å²) in [5.74, 6) is -0.00838. The van der Waals surface area contributed by atoms with E-state index in [-0.39, 0.29) is 11.8 Å². The van der Waals surface area contributed by atoms with Crippen molar-refractivity contribution >= 4 is 28.4 Å². The maximum Gasteiger partial charge on any atom is 0.231 e. The van der Waals surface area contributed by atoms with E-state index in [9.17, 15) is 4.79 Å². The van der Waals surface area contributed by atoms with Gasteiger partial charge in [-0.1, -0.05) is 29.8 Å². The molecule has 0 saturated carbocycles. The van der Waals surface area contributed by atoms with Crippen LogP contribution < -0.4 is 0 Å². The molecule has 3 nitrogen and oxygen atoms in total. The number of aromatic nitrogens is 1. The highest BCUT2D eigenvalue weighted by atomic mass is 35.5. The molecule has 0 N–H and O–H groups in total. The summed E-state index contributed by atoms with van der Waals surface area (Å²) in [4.78, 5) is 18.3. The molecule has 1 unspecified atom stereocenters. The number of carbonyl (C=O) groups excluding carboxylic acids is 1. The van der Waals surface area contributed by atoms with Gasteiger partial charge in [0.1, 0.15) is 0 Å². The molecule has 2 aromatic rings. The van der Waals surface area contributed by atoms with Gasteiger partial charge in [0.2, 0.25) is 5.91 Å². The molecule has 0 bridgehead atoms. The van der Waals surface area contributed by atoms with Crippen molar-refractivity contribution in [2.75, 3.05) is 13.6 Å². The fraction of sp³-hybridized carbons (Fsp3) is 0.286. The van der Waals surface area contributed by atoms with E-state index < -0.39 is 0 Å². The van der Waals surface area contributed by atoms with Crippen molar-refractivity contribution in [2.45, 2.75) is 12.3 Å². The molecule has 0 aliphatic carbocycles. The Morgan fingerprint density at radius 2 is 2.17 bits per heavy atom. The van der Waals surface area contributed by atoms with Crippen LogP contribution in [0, 0.1) is 0 Å². The van der Waals surface area contributed by atoms with Crippen LogP contribution in [0.25, 0.3) is 10.9 Å². The maximum atomic E-state index is 12.0. The Balaban J connectivity index is 2.11. The van der Waals surface area contributed by atoms with Crippen molar-refractivity contribution in [3.63, 3.8) is 0 Å². The Bertz CT molecular complexity index is 626. The molecule has 1 saturated heterocycles. The lowest BCUT2D eigenvalue weighted by Crippen LogP contribution is -2.22. The summed E-state index contributed by atoms with van der Waals surface area (Å²) in [5.41, 5.74) is 1.63. The van der Waals surface area contributed by atoms with Crippen LogP contribution in [-0.4, -0.2) is 29.4 Å². The van der Waals surface area contributed by atoms with Crippen LogP contribution in [-0.2, 0) is 4.79 Å². The third-order valence-electron chi connectivity index (χ3n) is 3.47. The lowest BCUT2D eigenvalue weighted by molar-refractivity contribution is -0.127. The van der Waals surface area contributed by atoms with Gasteiger partial charge in [-0.15, -0.1) is 0 Å². The number of nitrogens with zero attached hydrogens (tertiary/aromatic N) is 2. The van der Waals surface area contributed by atoms with Gasteiger partial charge >= 0.3 is 0 Å². The zero-order chi connectivity index (χ0) is 12.7. The molecule has 4 heteroatoms. The Hall–Kier alpha value is -1.61. The van der Waals surface area contributed by atoms with Crippen LogP contribution in [0.4, 0.5) is 0 Å². The van der Waals surface area contributed by atoms with Crippen molar-refractivity contribution in [2.24, 2.45) is 0 Å². The Kier molecular flexibility index (Phi) is 2.71. The van der Waals surface area contributed by atoms with E-state index in [1.54, 1.807) is 4.90 Å². The molecular weight excluding hydrogens is 248 g/mol. The van der Waals surface area contributed by atoms with Crippen LogP contribution in [0.3, 0.4) is 0 Å². The van der Waals surface area contributed by atoms with E-state index in [0.717, 1.165) is 29.6 Å². The van der Waals surface area contributed by atoms with Gasteiger partial charge in [-0.2, -0.15) is 0 Å². The summed E-state index contributed by atoms with van der Waals surface area (Å²) in [5, 5.41) is 1.60. The Morgan fingerprint density at radius 3 is 2.89 bits per heavy atom. The SMILES string of the molecule is CN1CCC(c2cc(Cl)c3ccccc3n2)C1=O. The normalized spacial score (nSPS) is 19.8. The lowest BCUT2D eigenvalue weighted by Gasteiger charge is -2.11. The molecule has 2 heterocycles. The van der Waals surface area contributed by atoms with E-state index in [1.165, 1.54) is 0 Å². The third kappa shape index (κ3) is 1.75. The Labute approximate surface area is 110 Å². The highest BCUT2D eigenvalue weighted by Crippen LogP contribution is 2.31. The summed E-state index contributed by atoms with van der Waals surface area (Å²) in [6.45, 7) is 0.787. The molecule has 1 fully saturated rings. The second-order valence-electron chi connectivity index (χ2n) is 4.65. The highest BCUT2D eigenvalue weighted by molar-refractivity contribution is 6.35. The quantitative estimate of drug-likeness (QED) is 0.790. The second-order valence-corrected chi connectivity index (χ2v) is 5.05. The van der Waals surface area contributed by atoms with Crippen molar-refractivity contribution in [3.05, 3.63) is 41.0 Å². The second kappa shape index (κ2) is 4.25. The van der Waals surface area contributed by atoms with Crippen LogP contribution >= 0.6 is 11.6 Å². The van der Waals surface area contributed by atoms with Gasteiger partial charge in [0, 0.05) is 19.0 Å². The molecule has 0 spiro atoms. The summed E-state index contributed by atoms with van der Waals surface area (Å²) in [6, 6.07) is 9.55. The smallest absolute Gasteiger partial charge is 0.231 e. The van der Waals surface area contributed by atoms with Crippen LogP contribution in [0.5, 0.6) is 0 Å². The maximum absolute atomic E-state index is 12.0. The number of rotatable bonds is 1. The van der Waals surface area contributed by atoms with Crippen LogP contribution in [0.1, 0.15) is 18.0 Å². The van der Waals surface area contributed by atoms with Gasteiger partial charge in [-0.05, 0) is 18.6 Å². The van der Waals surface area contributed by atoms with Gasteiger partial charge in [0.25, 0.3) is 0 Å². The number of pyridine rings is 1. The molecule has 1 aliphatic heterocycles. The summed E-state index contributed by atoms with van der Waals surface area (Å²) >= 11 is 6.26. The van der Waals surface area contributed by atoms with Crippen molar-refractivity contribution < 1.29 is 4.79 Å². The lowest BCUT2D eigenvalue weighted by atomic mass is 10.0. The molecule has 1 aromatic heterocycles. The predicted molar refractivity (Wildman–Crippen MR) is 71.7 cm³/mol. The van der Waals surface area contributed by atoms with E-state index >= 15 is 0 Å². The van der Waals surface area contributed by atoms with Gasteiger partial charge in [0.05, 0.1) is 22.2 Å². The van der Waals surface area contributed by atoms with Crippen molar-refractivity contribution in [1.82, 2.24) is 9.88 Å². The third-order valence-corrected chi connectivity index (χ3v) is 3.78. The van der Waals surface area contributed by atoms with Crippen molar-refractivity contribution in [1.29, 1.82) is 0 Å². The van der Waals surface area contributed by atoms with E-state index in [2.05, 4.69) is 4.98 Å². The number of hydrogen-bond donors (Lipinski definition) is 0. The summed E-state index contributed by atoms with van der Waals surface area (Å²) < 4.78 is 0. The molecule has 18 heavy (non-hydrogen) atoms. The fourth-order valence-electron chi connectivity index (χ4n) is 2.43. The number of halogens is 1. The number of carbonyl (C=O) groups is 1. The van der Waals surface area contributed by atoms with Gasteiger partial charge < -0.3 is 4.90 Å². The number of likely N-dealkylation sites (tertiary alicyclic amines) is 1. The van der Waals surface area contributed by atoms with E-state index in [0.29, 0.717) is 5.02 Å².